The first-order valence-electron chi connectivity index (χ1n) is 6.44. The molecule has 0 radical (unpaired) electrons. The summed E-state index contributed by atoms with van der Waals surface area (Å²) in [6.07, 6.45) is 1.76. The number of carboxylic acids is 1. The molecule has 0 saturated heterocycles. The Kier molecular flexibility index (Phi) is 3.02. The van der Waals surface area contributed by atoms with Gasteiger partial charge in [0.15, 0.2) is 5.69 Å². The van der Waals surface area contributed by atoms with Crippen molar-refractivity contribution in [2.24, 2.45) is 5.73 Å². The normalized spacial score (nSPS) is 17.8. The van der Waals surface area contributed by atoms with Crippen LogP contribution in [-0.4, -0.2) is 20.6 Å². The van der Waals surface area contributed by atoms with E-state index in [9.17, 15) is 14.3 Å². The zero-order chi connectivity index (χ0) is 14.3. The van der Waals surface area contributed by atoms with Crippen molar-refractivity contribution < 1.29 is 14.3 Å². The Morgan fingerprint density at radius 3 is 2.90 bits per heavy atom. The molecule has 0 aliphatic carbocycles. The van der Waals surface area contributed by atoms with Gasteiger partial charge in [-0.1, -0.05) is 12.1 Å². The second kappa shape index (κ2) is 4.72. The molecule has 1 atom stereocenters. The predicted molar refractivity (Wildman–Crippen MR) is 70.7 cm³/mol. The molecule has 1 aromatic carbocycles. The summed E-state index contributed by atoms with van der Waals surface area (Å²) in [7, 11) is 0. The lowest BCUT2D eigenvalue weighted by Crippen LogP contribution is -2.26. The molecule has 6 heteroatoms. The number of hydrogen-bond donors (Lipinski definition) is 2. The second-order valence-corrected chi connectivity index (χ2v) is 4.85. The number of carboxylic acid groups (broad SMARTS) is 1. The number of aromatic carboxylic acids is 1. The Bertz CT molecular complexity index is 681. The lowest BCUT2D eigenvalue weighted by Gasteiger charge is -2.24. The van der Waals surface area contributed by atoms with Crippen molar-refractivity contribution in [2.75, 3.05) is 0 Å². The monoisotopic (exact) mass is 275 g/mol. The van der Waals surface area contributed by atoms with Crippen LogP contribution < -0.4 is 5.73 Å². The van der Waals surface area contributed by atoms with Crippen LogP contribution in [0.2, 0.25) is 0 Å². The molecule has 1 aliphatic heterocycles. The molecular formula is C14H14FN3O2. The summed E-state index contributed by atoms with van der Waals surface area (Å²) in [5, 5.41) is 9.25. The van der Waals surface area contributed by atoms with Crippen molar-refractivity contribution in [2.45, 2.75) is 25.4 Å². The zero-order valence-corrected chi connectivity index (χ0v) is 10.7. The molecular weight excluding hydrogens is 261 g/mol. The summed E-state index contributed by atoms with van der Waals surface area (Å²) < 4.78 is 15.6. The van der Waals surface area contributed by atoms with E-state index in [0.29, 0.717) is 17.9 Å². The maximum Gasteiger partial charge on any atom is 0.356 e. The topological polar surface area (TPSA) is 81.1 Å². The number of fused-ring (bicyclic) bond motifs is 1. The van der Waals surface area contributed by atoms with E-state index in [1.54, 1.807) is 22.8 Å². The molecule has 1 aliphatic rings. The Hall–Kier alpha value is -2.21. The van der Waals surface area contributed by atoms with Gasteiger partial charge in [0.05, 0.1) is 17.4 Å². The first-order chi connectivity index (χ1) is 9.59. The van der Waals surface area contributed by atoms with Crippen LogP contribution in [0.5, 0.6) is 0 Å². The van der Waals surface area contributed by atoms with Gasteiger partial charge in [-0.15, -0.1) is 0 Å². The fourth-order valence-corrected chi connectivity index (χ4v) is 2.67. The smallest absolute Gasteiger partial charge is 0.356 e. The van der Waals surface area contributed by atoms with E-state index in [0.717, 1.165) is 12.8 Å². The van der Waals surface area contributed by atoms with Gasteiger partial charge in [0.2, 0.25) is 0 Å². The van der Waals surface area contributed by atoms with E-state index in [2.05, 4.69) is 4.98 Å². The first kappa shape index (κ1) is 12.8. The van der Waals surface area contributed by atoms with Crippen LogP contribution in [0.15, 0.2) is 24.3 Å². The molecule has 3 rings (SSSR count). The number of aromatic nitrogens is 2. The third kappa shape index (κ3) is 1.89. The van der Waals surface area contributed by atoms with Gasteiger partial charge in [-0.3, -0.25) is 0 Å². The maximum atomic E-state index is 13.9. The third-order valence-electron chi connectivity index (χ3n) is 3.57. The van der Waals surface area contributed by atoms with Crippen LogP contribution in [0.25, 0.3) is 11.4 Å². The first-order valence-corrected chi connectivity index (χ1v) is 6.44. The highest BCUT2D eigenvalue weighted by atomic mass is 19.1. The minimum atomic E-state index is -1.11. The van der Waals surface area contributed by atoms with Crippen LogP contribution in [0.3, 0.4) is 0 Å². The molecule has 3 N–H and O–H groups in total. The molecule has 0 amide bonds. The highest BCUT2D eigenvalue weighted by Crippen LogP contribution is 2.32. The standard InChI is InChI=1S/C14H14FN3O2/c15-9-5-2-1-4-8(9)13-17-12(14(19)20)10-6-3-7-11(16)18(10)13/h1-2,4-5,11H,3,6-7,16H2,(H,19,20). The number of carbonyl (C=O) groups is 1. The van der Waals surface area contributed by atoms with Crippen LogP contribution in [0.1, 0.15) is 35.2 Å². The van der Waals surface area contributed by atoms with E-state index in [1.807, 2.05) is 0 Å². The second-order valence-electron chi connectivity index (χ2n) is 4.85. The highest BCUT2D eigenvalue weighted by Gasteiger charge is 2.29. The summed E-state index contributed by atoms with van der Waals surface area (Å²) >= 11 is 0. The number of nitrogens with two attached hydrogens (primary N) is 1. The van der Waals surface area contributed by atoms with Crippen molar-refractivity contribution in [3.05, 3.63) is 41.5 Å². The number of halogens is 1. The summed E-state index contributed by atoms with van der Waals surface area (Å²) in [5.41, 5.74) is 6.88. The number of hydrogen-bond acceptors (Lipinski definition) is 3. The number of benzene rings is 1. The van der Waals surface area contributed by atoms with Crippen molar-refractivity contribution >= 4 is 5.97 Å². The average molecular weight is 275 g/mol. The average Bonchev–Trinajstić information content (AvgIpc) is 2.80. The molecule has 2 heterocycles. The molecule has 5 nitrogen and oxygen atoms in total. The summed E-state index contributed by atoms with van der Waals surface area (Å²) in [5.74, 6) is -1.25. The van der Waals surface area contributed by atoms with Crippen molar-refractivity contribution in [3.8, 4) is 11.4 Å². The van der Waals surface area contributed by atoms with E-state index in [1.165, 1.54) is 6.07 Å². The largest absolute Gasteiger partial charge is 0.476 e. The van der Waals surface area contributed by atoms with Gasteiger partial charge in [0.25, 0.3) is 0 Å². The van der Waals surface area contributed by atoms with Crippen LogP contribution in [0, 0.1) is 5.82 Å². The van der Waals surface area contributed by atoms with Crippen molar-refractivity contribution in [1.29, 1.82) is 0 Å². The van der Waals surface area contributed by atoms with Gasteiger partial charge in [0, 0.05) is 0 Å². The molecule has 2 aromatic rings. The lowest BCUT2D eigenvalue weighted by atomic mass is 10.1. The van der Waals surface area contributed by atoms with E-state index < -0.39 is 11.8 Å². The van der Waals surface area contributed by atoms with Gasteiger partial charge < -0.3 is 15.4 Å². The van der Waals surface area contributed by atoms with Gasteiger partial charge in [-0.05, 0) is 31.4 Å². The fraction of sp³-hybridized carbons (Fsp3) is 0.286. The van der Waals surface area contributed by atoms with E-state index in [4.69, 9.17) is 5.73 Å². The minimum absolute atomic E-state index is 0.0293. The van der Waals surface area contributed by atoms with Crippen LogP contribution in [-0.2, 0) is 6.42 Å². The molecule has 20 heavy (non-hydrogen) atoms. The molecule has 0 bridgehead atoms. The Morgan fingerprint density at radius 2 is 2.20 bits per heavy atom. The Balaban J connectivity index is 2.26. The predicted octanol–water partition coefficient (Wildman–Crippen LogP) is 2.18. The van der Waals surface area contributed by atoms with Crippen LogP contribution in [0.4, 0.5) is 4.39 Å². The Labute approximate surface area is 114 Å². The number of rotatable bonds is 2. The molecule has 0 fully saturated rings. The van der Waals surface area contributed by atoms with Gasteiger partial charge in [-0.25, -0.2) is 14.2 Å². The van der Waals surface area contributed by atoms with E-state index in [-0.39, 0.29) is 17.4 Å². The number of nitrogens with zero attached hydrogens (tertiary/aromatic N) is 2. The molecule has 0 spiro atoms. The summed E-state index contributed by atoms with van der Waals surface area (Å²) in [6, 6.07) is 6.18. The minimum Gasteiger partial charge on any atom is -0.476 e. The molecule has 0 saturated carbocycles. The highest BCUT2D eigenvalue weighted by molar-refractivity contribution is 5.88. The Morgan fingerprint density at radius 1 is 1.45 bits per heavy atom. The third-order valence-corrected chi connectivity index (χ3v) is 3.57. The lowest BCUT2D eigenvalue weighted by molar-refractivity contribution is 0.0689. The van der Waals surface area contributed by atoms with Crippen LogP contribution >= 0.6 is 0 Å². The zero-order valence-electron chi connectivity index (χ0n) is 10.7. The summed E-state index contributed by atoms with van der Waals surface area (Å²) in [4.78, 5) is 15.4. The van der Waals surface area contributed by atoms with E-state index >= 15 is 0 Å². The molecule has 1 aromatic heterocycles. The molecule has 104 valence electrons. The maximum absolute atomic E-state index is 13.9. The fourth-order valence-electron chi connectivity index (χ4n) is 2.67. The van der Waals surface area contributed by atoms with Crippen molar-refractivity contribution in [3.63, 3.8) is 0 Å². The molecule has 1 unspecified atom stereocenters. The number of imidazole rings is 1. The SMILES string of the molecule is NC1CCCc2c(C(=O)O)nc(-c3ccccc3F)n21. The van der Waals surface area contributed by atoms with Gasteiger partial charge >= 0.3 is 5.97 Å². The van der Waals surface area contributed by atoms with Gasteiger partial charge in [0.1, 0.15) is 11.6 Å². The quantitative estimate of drug-likeness (QED) is 0.880. The van der Waals surface area contributed by atoms with Gasteiger partial charge in [-0.2, -0.15) is 0 Å². The summed E-state index contributed by atoms with van der Waals surface area (Å²) in [6.45, 7) is 0. The van der Waals surface area contributed by atoms with Crippen molar-refractivity contribution in [1.82, 2.24) is 9.55 Å².